The molecule has 0 atom stereocenters. The molecular weight excluding hydrogens is 447 g/mol. The molecule has 1 aromatic carbocycles. The molecule has 6 nitrogen and oxygen atoms in total. The fourth-order valence-corrected chi connectivity index (χ4v) is 4.88. The first-order valence-corrected chi connectivity index (χ1v) is 10.4. The van der Waals surface area contributed by atoms with Gasteiger partial charge in [0.25, 0.3) is 0 Å². The maximum atomic E-state index is 14.2. The van der Waals surface area contributed by atoms with E-state index in [2.05, 4.69) is 20.9 Å². The lowest BCUT2D eigenvalue weighted by atomic mass is 10.2. The van der Waals surface area contributed by atoms with Gasteiger partial charge in [0.2, 0.25) is 11.1 Å². The molecule has 0 N–H and O–H groups in total. The fraction of sp³-hybridized carbons (Fsp3) is 0.294. The van der Waals surface area contributed by atoms with Crippen molar-refractivity contribution in [2.24, 2.45) is 0 Å². The number of pyridine rings is 1. The van der Waals surface area contributed by atoms with Crippen LogP contribution in [0.1, 0.15) is 19.5 Å². The van der Waals surface area contributed by atoms with Gasteiger partial charge in [-0.2, -0.15) is 8.78 Å². The molecule has 0 radical (unpaired) electrons. The van der Waals surface area contributed by atoms with Crippen molar-refractivity contribution in [1.82, 2.24) is 4.98 Å². The summed E-state index contributed by atoms with van der Waals surface area (Å²) in [6.45, 7) is 3.01. The molecule has 2 aromatic heterocycles. The Bertz CT molecular complexity index is 1100. The molecule has 3 rings (SSSR count). The van der Waals surface area contributed by atoms with Crippen LogP contribution in [0.2, 0.25) is 0 Å². The van der Waals surface area contributed by atoms with Crippen molar-refractivity contribution in [1.29, 1.82) is 0 Å². The Labute approximate surface area is 161 Å². The number of hydrogen-bond donors (Lipinski definition) is 0. The summed E-state index contributed by atoms with van der Waals surface area (Å²) in [5.41, 5.74) is -1.46. The van der Waals surface area contributed by atoms with Crippen LogP contribution in [0.5, 0.6) is 0 Å². The third-order valence-electron chi connectivity index (χ3n) is 3.71. The number of hydrogen-bond acceptors (Lipinski definition) is 6. The number of benzene rings is 1. The zero-order valence-corrected chi connectivity index (χ0v) is 16.9. The second-order valence-electron chi connectivity index (χ2n) is 5.47. The number of nitrogens with zero attached hydrogens (tertiary/aromatic N) is 1. The van der Waals surface area contributed by atoms with Crippen molar-refractivity contribution in [3.63, 3.8) is 0 Å². The lowest BCUT2D eigenvalue weighted by molar-refractivity contribution is 0.110. The van der Waals surface area contributed by atoms with E-state index in [4.69, 9.17) is 13.5 Å². The number of halogens is 3. The third kappa shape index (κ3) is 3.69. The monoisotopic (exact) mass is 461 g/mol. The summed E-state index contributed by atoms with van der Waals surface area (Å²) in [7, 11) is -4.14. The van der Waals surface area contributed by atoms with E-state index in [1.165, 1.54) is 12.1 Å². The Morgan fingerprint density at radius 1 is 1.19 bits per heavy atom. The number of fused-ring (bicyclic) bond motifs is 2. The van der Waals surface area contributed by atoms with Gasteiger partial charge in [-0.25, -0.2) is 4.98 Å². The quantitative estimate of drug-likeness (QED) is 0.301. The normalized spacial score (nSPS) is 12.8. The molecule has 144 valence electrons. The standard InChI is InChI=1S/C17H15BrF2NO5P/c1-3-24-27(23,25-4-2)13-9-11-14(22)10-7-5-6-8-12(10)26-16(11)21-15(13)17(18,19)20/h5-9H,3-4H2,1-2H3. The van der Waals surface area contributed by atoms with Gasteiger partial charge in [-0.15, -0.1) is 0 Å². The van der Waals surface area contributed by atoms with E-state index in [0.29, 0.717) is 0 Å². The van der Waals surface area contributed by atoms with Crippen molar-refractivity contribution >= 4 is 50.9 Å². The van der Waals surface area contributed by atoms with Crippen LogP contribution in [0.15, 0.2) is 39.5 Å². The third-order valence-corrected chi connectivity index (χ3v) is 6.21. The number of aromatic nitrogens is 1. The minimum absolute atomic E-state index is 0.0467. The van der Waals surface area contributed by atoms with Crippen molar-refractivity contribution in [2.45, 2.75) is 18.7 Å². The predicted molar refractivity (Wildman–Crippen MR) is 101 cm³/mol. The summed E-state index contributed by atoms with van der Waals surface area (Å²) in [4.78, 5) is 12.9. The minimum Gasteiger partial charge on any atom is -0.437 e. The van der Waals surface area contributed by atoms with Crippen LogP contribution >= 0.6 is 23.5 Å². The molecule has 0 bridgehead atoms. The average molecular weight is 462 g/mol. The highest BCUT2D eigenvalue weighted by molar-refractivity contribution is 9.09. The van der Waals surface area contributed by atoms with E-state index in [1.54, 1.807) is 26.0 Å². The van der Waals surface area contributed by atoms with Crippen LogP contribution in [0, 0.1) is 0 Å². The smallest absolute Gasteiger partial charge is 0.363 e. The molecule has 0 aliphatic carbocycles. The maximum absolute atomic E-state index is 14.2. The highest BCUT2D eigenvalue weighted by Gasteiger charge is 2.41. The van der Waals surface area contributed by atoms with Gasteiger partial charge in [0.05, 0.1) is 29.3 Å². The highest BCUT2D eigenvalue weighted by atomic mass is 79.9. The van der Waals surface area contributed by atoms with Crippen LogP contribution in [-0.4, -0.2) is 18.2 Å². The van der Waals surface area contributed by atoms with E-state index in [-0.39, 0.29) is 35.3 Å². The van der Waals surface area contributed by atoms with E-state index >= 15 is 0 Å². The van der Waals surface area contributed by atoms with E-state index in [0.717, 1.165) is 6.07 Å². The maximum Gasteiger partial charge on any atom is 0.363 e. The van der Waals surface area contributed by atoms with Crippen LogP contribution < -0.4 is 10.7 Å². The summed E-state index contributed by atoms with van der Waals surface area (Å²) < 4.78 is 57.3. The Morgan fingerprint density at radius 3 is 2.41 bits per heavy atom. The molecule has 2 heterocycles. The molecule has 0 saturated heterocycles. The first-order chi connectivity index (χ1) is 12.7. The van der Waals surface area contributed by atoms with Crippen LogP contribution in [0.25, 0.3) is 22.1 Å². The molecule has 0 saturated carbocycles. The second-order valence-corrected chi connectivity index (χ2v) is 8.46. The van der Waals surface area contributed by atoms with Gasteiger partial charge in [-0.1, -0.05) is 12.1 Å². The van der Waals surface area contributed by atoms with Crippen molar-refractivity contribution in [2.75, 3.05) is 13.2 Å². The van der Waals surface area contributed by atoms with Crippen molar-refractivity contribution in [3.05, 3.63) is 46.2 Å². The molecule has 3 aromatic rings. The largest absolute Gasteiger partial charge is 0.437 e. The summed E-state index contributed by atoms with van der Waals surface area (Å²) in [6, 6.07) is 7.41. The summed E-state index contributed by atoms with van der Waals surface area (Å²) >= 11 is 2.24. The van der Waals surface area contributed by atoms with Gasteiger partial charge in [-0.3, -0.25) is 9.36 Å². The predicted octanol–water partition coefficient (Wildman–Crippen LogP) is 4.68. The van der Waals surface area contributed by atoms with Gasteiger partial charge >= 0.3 is 12.4 Å². The zero-order chi connectivity index (χ0) is 19.8. The summed E-state index contributed by atoms with van der Waals surface area (Å²) in [6.07, 6.45) is 0. The van der Waals surface area contributed by atoms with E-state index < -0.39 is 28.9 Å². The number of para-hydroxylation sites is 1. The Kier molecular flexibility index (Phi) is 5.49. The molecule has 0 amide bonds. The lowest BCUT2D eigenvalue weighted by Gasteiger charge is -2.21. The molecule has 0 spiro atoms. The Hall–Kier alpha value is -1.67. The van der Waals surface area contributed by atoms with E-state index in [9.17, 15) is 18.1 Å². The summed E-state index contributed by atoms with van der Waals surface area (Å²) in [5.74, 6) is 0. The lowest BCUT2D eigenvalue weighted by Crippen LogP contribution is -2.24. The molecule has 0 aliphatic rings. The molecule has 0 fully saturated rings. The van der Waals surface area contributed by atoms with Gasteiger partial charge in [0.15, 0.2) is 0 Å². The fourth-order valence-electron chi connectivity index (χ4n) is 2.65. The van der Waals surface area contributed by atoms with Gasteiger partial charge in [-0.05, 0) is 48.0 Å². The van der Waals surface area contributed by atoms with Gasteiger partial charge in [0.1, 0.15) is 11.3 Å². The molecule has 10 heteroatoms. The number of alkyl halides is 3. The Balaban J connectivity index is 2.44. The highest BCUT2D eigenvalue weighted by Crippen LogP contribution is 2.50. The van der Waals surface area contributed by atoms with Crippen molar-refractivity contribution < 1.29 is 26.8 Å². The van der Waals surface area contributed by atoms with Crippen LogP contribution in [0.4, 0.5) is 8.78 Å². The van der Waals surface area contributed by atoms with E-state index in [1.807, 2.05) is 0 Å². The second kappa shape index (κ2) is 7.39. The minimum atomic E-state index is -4.14. The molecule has 27 heavy (non-hydrogen) atoms. The number of rotatable bonds is 6. The van der Waals surface area contributed by atoms with Crippen LogP contribution in [0.3, 0.4) is 0 Å². The molecular formula is C17H15BrF2NO5P. The van der Waals surface area contributed by atoms with Gasteiger partial charge in [0, 0.05) is 0 Å². The van der Waals surface area contributed by atoms with Crippen LogP contribution in [-0.2, 0) is 18.4 Å². The average Bonchev–Trinajstić information content (AvgIpc) is 2.61. The van der Waals surface area contributed by atoms with Gasteiger partial charge < -0.3 is 13.5 Å². The van der Waals surface area contributed by atoms with Crippen molar-refractivity contribution in [3.8, 4) is 0 Å². The first-order valence-electron chi connectivity index (χ1n) is 8.04. The first kappa shape index (κ1) is 20.1. The SMILES string of the molecule is CCOP(=O)(OCC)c1cc2c(=O)c3ccccc3oc2nc1C(F)(F)Br. The summed E-state index contributed by atoms with van der Waals surface area (Å²) in [5, 5.41) is -0.328. The molecule has 0 aliphatic heterocycles. The topological polar surface area (TPSA) is 78.6 Å². The zero-order valence-electron chi connectivity index (χ0n) is 14.4. The molecule has 0 unspecified atom stereocenters. The Morgan fingerprint density at radius 2 is 1.81 bits per heavy atom.